The van der Waals surface area contributed by atoms with Crippen molar-refractivity contribution in [1.29, 1.82) is 0 Å². The van der Waals surface area contributed by atoms with Gasteiger partial charge in [0.25, 0.3) is 0 Å². The molecule has 0 unspecified atom stereocenters. The van der Waals surface area contributed by atoms with Crippen LogP contribution in [-0.4, -0.2) is 5.97 Å². The molecule has 0 aliphatic rings. The van der Waals surface area contributed by atoms with Gasteiger partial charge >= 0.3 is 5.97 Å². The molecule has 1 aromatic heterocycles. The SMILES string of the molecule is O=C(CCc1ccsc1)Oc1ccc(Br)cc1. The van der Waals surface area contributed by atoms with E-state index in [1.165, 1.54) is 5.56 Å². The zero-order valence-corrected chi connectivity index (χ0v) is 11.5. The van der Waals surface area contributed by atoms with Crippen LogP contribution in [0.15, 0.2) is 45.6 Å². The molecule has 1 heterocycles. The minimum absolute atomic E-state index is 0.196. The van der Waals surface area contributed by atoms with Crippen LogP contribution < -0.4 is 4.74 Å². The van der Waals surface area contributed by atoms with E-state index in [0.717, 1.165) is 10.9 Å². The average Bonchev–Trinajstić information content (AvgIpc) is 2.83. The standard InChI is InChI=1S/C13H11BrO2S/c14-11-2-4-12(5-3-11)16-13(15)6-1-10-7-8-17-9-10/h2-5,7-9H,1,6H2. The van der Waals surface area contributed by atoms with Gasteiger partial charge in [0.2, 0.25) is 0 Å². The van der Waals surface area contributed by atoms with Crippen molar-refractivity contribution in [2.75, 3.05) is 0 Å². The summed E-state index contributed by atoms with van der Waals surface area (Å²) in [5, 5.41) is 4.06. The maximum absolute atomic E-state index is 11.6. The first-order valence-electron chi connectivity index (χ1n) is 5.21. The van der Waals surface area contributed by atoms with Crippen molar-refractivity contribution in [3.8, 4) is 5.75 Å². The third-order valence-corrected chi connectivity index (χ3v) is 3.50. The van der Waals surface area contributed by atoms with Crippen LogP contribution in [0.5, 0.6) is 5.75 Å². The topological polar surface area (TPSA) is 26.3 Å². The molecule has 2 aromatic rings. The second kappa shape index (κ2) is 5.98. The molecule has 0 N–H and O–H groups in total. The number of hydrogen-bond acceptors (Lipinski definition) is 3. The summed E-state index contributed by atoms with van der Waals surface area (Å²) >= 11 is 4.97. The number of carbonyl (C=O) groups excluding carboxylic acids is 1. The van der Waals surface area contributed by atoms with E-state index in [-0.39, 0.29) is 5.97 Å². The van der Waals surface area contributed by atoms with E-state index >= 15 is 0 Å². The molecule has 0 aliphatic heterocycles. The van der Waals surface area contributed by atoms with Crippen LogP contribution in [0.25, 0.3) is 0 Å². The highest BCUT2D eigenvalue weighted by Crippen LogP contribution is 2.17. The minimum Gasteiger partial charge on any atom is -0.427 e. The number of halogens is 1. The Kier molecular flexibility index (Phi) is 4.34. The monoisotopic (exact) mass is 310 g/mol. The first-order valence-corrected chi connectivity index (χ1v) is 6.95. The second-order valence-electron chi connectivity index (χ2n) is 3.56. The largest absolute Gasteiger partial charge is 0.427 e. The summed E-state index contributed by atoms with van der Waals surface area (Å²) in [6.45, 7) is 0. The molecule has 2 nitrogen and oxygen atoms in total. The Hall–Kier alpha value is -1.13. The van der Waals surface area contributed by atoms with Crippen LogP contribution in [0.3, 0.4) is 0 Å². The molecule has 0 amide bonds. The normalized spacial score (nSPS) is 10.2. The number of thiophene rings is 1. The van der Waals surface area contributed by atoms with Gasteiger partial charge in [-0.25, -0.2) is 0 Å². The summed E-state index contributed by atoms with van der Waals surface area (Å²) in [6, 6.07) is 9.26. The van der Waals surface area contributed by atoms with Crippen LogP contribution in [0, 0.1) is 0 Å². The van der Waals surface area contributed by atoms with Gasteiger partial charge in [-0.2, -0.15) is 11.3 Å². The van der Waals surface area contributed by atoms with E-state index in [4.69, 9.17) is 4.74 Å². The fourth-order valence-corrected chi connectivity index (χ4v) is 2.33. The van der Waals surface area contributed by atoms with Gasteiger partial charge in [-0.3, -0.25) is 4.79 Å². The highest BCUT2D eigenvalue weighted by atomic mass is 79.9. The van der Waals surface area contributed by atoms with Crippen molar-refractivity contribution in [2.24, 2.45) is 0 Å². The maximum atomic E-state index is 11.6. The fourth-order valence-electron chi connectivity index (χ4n) is 1.37. The summed E-state index contributed by atoms with van der Waals surface area (Å²) in [4.78, 5) is 11.6. The molecule has 0 fully saturated rings. The lowest BCUT2D eigenvalue weighted by Crippen LogP contribution is -2.08. The van der Waals surface area contributed by atoms with Crippen molar-refractivity contribution < 1.29 is 9.53 Å². The summed E-state index contributed by atoms with van der Waals surface area (Å²) in [5.74, 6) is 0.391. The number of ether oxygens (including phenoxy) is 1. The van der Waals surface area contributed by atoms with Gasteiger partial charge in [0.1, 0.15) is 5.75 Å². The lowest BCUT2D eigenvalue weighted by Gasteiger charge is -2.03. The molecule has 0 saturated heterocycles. The molecule has 4 heteroatoms. The molecule has 88 valence electrons. The van der Waals surface area contributed by atoms with Gasteiger partial charge in [0, 0.05) is 4.47 Å². The van der Waals surface area contributed by atoms with Crippen molar-refractivity contribution in [3.05, 3.63) is 51.1 Å². The van der Waals surface area contributed by atoms with Crippen LogP contribution in [0.1, 0.15) is 12.0 Å². The Morgan fingerprint density at radius 1 is 1.24 bits per heavy atom. The zero-order chi connectivity index (χ0) is 12.1. The molecule has 0 radical (unpaired) electrons. The molecular formula is C13H11BrO2S. The Morgan fingerprint density at radius 3 is 2.65 bits per heavy atom. The molecule has 0 bridgehead atoms. The van der Waals surface area contributed by atoms with E-state index in [0.29, 0.717) is 12.2 Å². The van der Waals surface area contributed by atoms with Crippen molar-refractivity contribution in [3.63, 3.8) is 0 Å². The van der Waals surface area contributed by atoms with E-state index in [1.807, 2.05) is 29.0 Å². The van der Waals surface area contributed by atoms with E-state index in [9.17, 15) is 4.79 Å². The highest BCUT2D eigenvalue weighted by molar-refractivity contribution is 9.10. The van der Waals surface area contributed by atoms with Gasteiger partial charge in [-0.1, -0.05) is 15.9 Å². The van der Waals surface area contributed by atoms with Gasteiger partial charge in [-0.05, 0) is 53.1 Å². The number of hydrogen-bond donors (Lipinski definition) is 0. The summed E-state index contributed by atoms with van der Waals surface area (Å²) in [7, 11) is 0. The lowest BCUT2D eigenvalue weighted by atomic mass is 10.2. The molecular weight excluding hydrogens is 300 g/mol. The van der Waals surface area contributed by atoms with E-state index in [1.54, 1.807) is 23.5 Å². The minimum atomic E-state index is -0.196. The number of benzene rings is 1. The van der Waals surface area contributed by atoms with Gasteiger partial charge < -0.3 is 4.74 Å². The predicted octanol–water partition coefficient (Wildman–Crippen LogP) is 4.05. The number of aryl methyl sites for hydroxylation is 1. The number of carbonyl (C=O) groups is 1. The summed E-state index contributed by atoms with van der Waals surface area (Å²) in [6.07, 6.45) is 1.14. The fraction of sp³-hybridized carbons (Fsp3) is 0.154. The Labute approximate surface area is 112 Å². The Morgan fingerprint density at radius 2 is 2.00 bits per heavy atom. The van der Waals surface area contributed by atoms with Crippen LogP contribution in [0.4, 0.5) is 0 Å². The van der Waals surface area contributed by atoms with E-state index < -0.39 is 0 Å². The van der Waals surface area contributed by atoms with E-state index in [2.05, 4.69) is 15.9 Å². The first kappa shape index (κ1) is 12.3. The summed E-state index contributed by atoms with van der Waals surface area (Å²) in [5.41, 5.74) is 1.18. The first-order chi connectivity index (χ1) is 8.24. The van der Waals surface area contributed by atoms with Crippen molar-refractivity contribution in [2.45, 2.75) is 12.8 Å². The van der Waals surface area contributed by atoms with Crippen molar-refractivity contribution in [1.82, 2.24) is 0 Å². The predicted molar refractivity (Wildman–Crippen MR) is 72.4 cm³/mol. The smallest absolute Gasteiger partial charge is 0.311 e. The molecule has 0 aliphatic carbocycles. The molecule has 0 saturated carbocycles. The molecule has 0 atom stereocenters. The molecule has 0 spiro atoms. The zero-order valence-electron chi connectivity index (χ0n) is 9.06. The third-order valence-electron chi connectivity index (χ3n) is 2.24. The average molecular weight is 311 g/mol. The molecule has 17 heavy (non-hydrogen) atoms. The third kappa shape index (κ3) is 3.98. The van der Waals surface area contributed by atoms with Crippen LogP contribution in [-0.2, 0) is 11.2 Å². The maximum Gasteiger partial charge on any atom is 0.311 e. The van der Waals surface area contributed by atoms with Crippen LogP contribution in [0.2, 0.25) is 0 Å². The van der Waals surface area contributed by atoms with Gasteiger partial charge in [-0.15, -0.1) is 0 Å². The van der Waals surface area contributed by atoms with Crippen LogP contribution >= 0.6 is 27.3 Å². The highest BCUT2D eigenvalue weighted by Gasteiger charge is 2.05. The lowest BCUT2D eigenvalue weighted by molar-refractivity contribution is -0.134. The number of esters is 1. The second-order valence-corrected chi connectivity index (χ2v) is 5.26. The van der Waals surface area contributed by atoms with Gasteiger partial charge in [0.05, 0.1) is 6.42 Å². The summed E-state index contributed by atoms with van der Waals surface area (Å²) < 4.78 is 6.18. The molecule has 2 rings (SSSR count). The molecule has 1 aromatic carbocycles. The number of rotatable bonds is 4. The quantitative estimate of drug-likeness (QED) is 0.629. The Balaban J connectivity index is 1.83. The van der Waals surface area contributed by atoms with Crippen molar-refractivity contribution >= 4 is 33.2 Å². The van der Waals surface area contributed by atoms with Gasteiger partial charge in [0.15, 0.2) is 0 Å². The Bertz CT molecular complexity index is 477.